The standard InChI is InChI=1S/C32H39Cl2N3O8S/c1-8-20(2)35-32(39)21(3)36(18-22-9-10-23(33)15-26(22)34)31(38)19-37(27-16-24(42-4)11-13-28(27)43-5)46(40,41)25-12-14-29(44-6)30(17-25)45-7/h9-17,20-21H,8,18-19H2,1-7H3,(H,35,39)/t20-,21+/m0/s1. The van der Waals surface area contributed by atoms with Gasteiger partial charge in [-0.25, -0.2) is 8.42 Å². The summed E-state index contributed by atoms with van der Waals surface area (Å²) in [7, 11) is 1.14. The zero-order chi connectivity index (χ0) is 34.2. The number of nitrogens with one attached hydrogen (secondary N) is 1. The second-order valence-corrected chi connectivity index (χ2v) is 13.0. The van der Waals surface area contributed by atoms with E-state index in [0.717, 1.165) is 4.31 Å². The van der Waals surface area contributed by atoms with Gasteiger partial charge in [-0.3, -0.25) is 13.9 Å². The van der Waals surface area contributed by atoms with Crippen LogP contribution >= 0.6 is 23.2 Å². The van der Waals surface area contributed by atoms with Crippen molar-refractivity contribution in [1.82, 2.24) is 10.2 Å². The number of anilines is 1. The molecule has 0 aromatic heterocycles. The van der Waals surface area contributed by atoms with Gasteiger partial charge in [0.1, 0.15) is 24.1 Å². The highest BCUT2D eigenvalue weighted by molar-refractivity contribution is 7.92. The number of halogens is 2. The molecular formula is C32H39Cl2N3O8S. The van der Waals surface area contributed by atoms with Gasteiger partial charge < -0.3 is 29.2 Å². The van der Waals surface area contributed by atoms with Gasteiger partial charge in [-0.2, -0.15) is 0 Å². The number of hydrogen-bond donors (Lipinski definition) is 1. The number of methoxy groups -OCH3 is 4. The van der Waals surface area contributed by atoms with Crippen LogP contribution in [0.5, 0.6) is 23.0 Å². The van der Waals surface area contributed by atoms with Gasteiger partial charge in [0.25, 0.3) is 10.0 Å². The Kier molecular flexibility index (Phi) is 12.8. The monoisotopic (exact) mass is 695 g/mol. The van der Waals surface area contributed by atoms with E-state index in [2.05, 4.69) is 5.32 Å². The number of carbonyl (C=O) groups excluding carboxylic acids is 2. The highest BCUT2D eigenvalue weighted by atomic mass is 35.5. The molecule has 0 saturated heterocycles. The summed E-state index contributed by atoms with van der Waals surface area (Å²) < 4.78 is 51.3. The summed E-state index contributed by atoms with van der Waals surface area (Å²) in [5, 5.41) is 3.57. The quantitative estimate of drug-likeness (QED) is 0.219. The maximum Gasteiger partial charge on any atom is 0.265 e. The number of carbonyl (C=O) groups is 2. The first kappa shape index (κ1) is 36.6. The fraction of sp³-hybridized carbons (Fsp3) is 0.375. The van der Waals surface area contributed by atoms with Crippen LogP contribution < -0.4 is 28.6 Å². The Bertz CT molecular complexity index is 1650. The van der Waals surface area contributed by atoms with Gasteiger partial charge in [-0.1, -0.05) is 36.2 Å². The molecule has 3 aromatic carbocycles. The highest BCUT2D eigenvalue weighted by Crippen LogP contribution is 2.38. The molecule has 0 aliphatic heterocycles. The van der Waals surface area contributed by atoms with Crippen molar-refractivity contribution in [3.8, 4) is 23.0 Å². The van der Waals surface area contributed by atoms with Crippen LogP contribution in [-0.4, -0.2) is 72.2 Å². The van der Waals surface area contributed by atoms with E-state index in [0.29, 0.717) is 28.5 Å². The Morgan fingerprint density at radius 1 is 0.848 bits per heavy atom. The van der Waals surface area contributed by atoms with Gasteiger partial charge in [-0.15, -0.1) is 0 Å². The molecule has 0 aliphatic rings. The van der Waals surface area contributed by atoms with Crippen LogP contribution in [0.3, 0.4) is 0 Å². The summed E-state index contributed by atoms with van der Waals surface area (Å²) in [5.41, 5.74) is 0.544. The molecule has 14 heteroatoms. The van der Waals surface area contributed by atoms with E-state index in [1.54, 1.807) is 25.1 Å². The van der Waals surface area contributed by atoms with Crippen molar-refractivity contribution in [1.29, 1.82) is 0 Å². The zero-order valence-corrected chi connectivity index (χ0v) is 29.1. The molecule has 0 aliphatic carbocycles. The first-order chi connectivity index (χ1) is 21.8. The summed E-state index contributed by atoms with van der Waals surface area (Å²) in [4.78, 5) is 28.7. The fourth-order valence-electron chi connectivity index (χ4n) is 4.49. The van der Waals surface area contributed by atoms with Crippen LogP contribution in [0.4, 0.5) is 5.69 Å². The van der Waals surface area contributed by atoms with Crippen LogP contribution in [0.2, 0.25) is 10.0 Å². The largest absolute Gasteiger partial charge is 0.497 e. The lowest BCUT2D eigenvalue weighted by atomic mass is 10.1. The Hall–Kier alpha value is -3.87. The van der Waals surface area contributed by atoms with E-state index in [1.807, 2.05) is 13.8 Å². The van der Waals surface area contributed by atoms with Gasteiger partial charge >= 0.3 is 0 Å². The van der Waals surface area contributed by atoms with Crippen molar-refractivity contribution in [3.05, 3.63) is 70.2 Å². The lowest BCUT2D eigenvalue weighted by Crippen LogP contribution is -2.52. The summed E-state index contributed by atoms with van der Waals surface area (Å²) >= 11 is 12.6. The molecule has 3 rings (SSSR count). The molecule has 250 valence electrons. The van der Waals surface area contributed by atoms with E-state index < -0.39 is 34.4 Å². The smallest absolute Gasteiger partial charge is 0.265 e. The summed E-state index contributed by atoms with van der Waals surface area (Å²) in [5.74, 6) is -0.140. The molecule has 0 bridgehead atoms. The number of rotatable bonds is 15. The molecule has 11 nitrogen and oxygen atoms in total. The SMILES string of the molecule is CC[C@H](C)NC(=O)[C@@H](C)N(Cc1ccc(Cl)cc1Cl)C(=O)CN(c1cc(OC)ccc1OC)S(=O)(=O)c1ccc(OC)c(OC)c1. The van der Waals surface area contributed by atoms with Crippen molar-refractivity contribution in [2.24, 2.45) is 0 Å². The molecule has 0 fully saturated rings. The third kappa shape index (κ3) is 8.48. The van der Waals surface area contributed by atoms with Crippen LogP contribution in [0, 0.1) is 0 Å². The second kappa shape index (κ2) is 16.1. The number of nitrogens with zero attached hydrogens (tertiary/aromatic N) is 2. The number of hydrogen-bond acceptors (Lipinski definition) is 8. The van der Waals surface area contributed by atoms with Crippen LogP contribution in [-0.2, 0) is 26.2 Å². The fourth-order valence-corrected chi connectivity index (χ4v) is 6.39. The van der Waals surface area contributed by atoms with Gasteiger partial charge in [0.15, 0.2) is 11.5 Å². The molecule has 0 unspecified atom stereocenters. The van der Waals surface area contributed by atoms with Gasteiger partial charge in [0.2, 0.25) is 11.8 Å². The van der Waals surface area contributed by atoms with E-state index >= 15 is 0 Å². The Balaban J connectivity index is 2.19. The average Bonchev–Trinajstić information content (AvgIpc) is 3.05. The van der Waals surface area contributed by atoms with E-state index in [-0.39, 0.29) is 39.7 Å². The minimum atomic E-state index is -4.48. The maximum atomic E-state index is 14.4. The summed E-state index contributed by atoms with van der Waals surface area (Å²) in [6.45, 7) is 4.51. The van der Waals surface area contributed by atoms with E-state index in [4.69, 9.17) is 42.1 Å². The predicted molar refractivity (Wildman–Crippen MR) is 178 cm³/mol. The number of amides is 2. The zero-order valence-electron chi connectivity index (χ0n) is 26.8. The molecule has 46 heavy (non-hydrogen) atoms. The Labute approximate surface area is 280 Å². The first-order valence-electron chi connectivity index (χ1n) is 14.3. The molecule has 0 radical (unpaired) electrons. The lowest BCUT2D eigenvalue weighted by molar-refractivity contribution is -0.139. The van der Waals surface area contributed by atoms with Crippen LogP contribution in [0.1, 0.15) is 32.8 Å². The molecule has 0 heterocycles. The number of benzene rings is 3. The molecule has 0 spiro atoms. The van der Waals surface area contributed by atoms with Gasteiger partial charge in [0.05, 0.1) is 39.0 Å². The van der Waals surface area contributed by atoms with Crippen molar-refractivity contribution in [2.75, 3.05) is 39.3 Å². The highest BCUT2D eigenvalue weighted by Gasteiger charge is 2.35. The molecule has 2 atom stereocenters. The minimum Gasteiger partial charge on any atom is -0.497 e. The molecule has 1 N–H and O–H groups in total. The number of sulfonamides is 1. The summed E-state index contributed by atoms with van der Waals surface area (Å²) in [6.07, 6.45) is 0.669. The van der Waals surface area contributed by atoms with Crippen molar-refractivity contribution in [2.45, 2.75) is 50.7 Å². The topological polar surface area (TPSA) is 124 Å². The summed E-state index contributed by atoms with van der Waals surface area (Å²) in [6, 6.07) is 12.3. The first-order valence-corrected chi connectivity index (χ1v) is 16.5. The van der Waals surface area contributed by atoms with Crippen LogP contribution in [0.25, 0.3) is 0 Å². The number of ether oxygens (including phenoxy) is 4. The predicted octanol–water partition coefficient (Wildman–Crippen LogP) is 5.56. The normalized spacial score (nSPS) is 12.5. The molecular weight excluding hydrogens is 657 g/mol. The molecule has 0 saturated carbocycles. The molecule has 3 aromatic rings. The Morgan fingerprint density at radius 2 is 1.50 bits per heavy atom. The maximum absolute atomic E-state index is 14.4. The minimum absolute atomic E-state index is 0.0335. The average molecular weight is 697 g/mol. The Morgan fingerprint density at radius 3 is 2.09 bits per heavy atom. The van der Waals surface area contributed by atoms with Crippen molar-refractivity contribution in [3.63, 3.8) is 0 Å². The van der Waals surface area contributed by atoms with Gasteiger partial charge in [0, 0.05) is 34.8 Å². The third-order valence-electron chi connectivity index (χ3n) is 7.40. The van der Waals surface area contributed by atoms with E-state index in [9.17, 15) is 18.0 Å². The van der Waals surface area contributed by atoms with Crippen molar-refractivity contribution < 1.29 is 37.0 Å². The molecule has 2 amide bonds. The third-order valence-corrected chi connectivity index (χ3v) is 9.74. The second-order valence-electron chi connectivity index (χ2n) is 10.3. The van der Waals surface area contributed by atoms with Crippen LogP contribution in [0.15, 0.2) is 59.5 Å². The van der Waals surface area contributed by atoms with Gasteiger partial charge in [-0.05, 0) is 62.2 Å². The van der Waals surface area contributed by atoms with E-state index in [1.165, 1.54) is 69.7 Å². The lowest BCUT2D eigenvalue weighted by Gasteiger charge is -2.33. The van der Waals surface area contributed by atoms with Crippen molar-refractivity contribution >= 4 is 50.7 Å².